The van der Waals surface area contributed by atoms with E-state index >= 15 is 0 Å². The van der Waals surface area contributed by atoms with Crippen LogP contribution in [0.25, 0.3) is 0 Å². The van der Waals surface area contributed by atoms with Crippen LogP contribution < -0.4 is 0 Å². The number of rotatable bonds is 5. The second kappa shape index (κ2) is 6.65. The first kappa shape index (κ1) is 14.0. The maximum Gasteiger partial charge on any atom is 0.129 e. The van der Waals surface area contributed by atoms with E-state index in [0.717, 1.165) is 13.1 Å². The van der Waals surface area contributed by atoms with E-state index in [1.54, 1.807) is 12.1 Å². The van der Waals surface area contributed by atoms with Crippen LogP contribution in [0.4, 0.5) is 4.39 Å². The van der Waals surface area contributed by atoms with Gasteiger partial charge in [0.1, 0.15) is 5.82 Å². The molecule has 102 valence electrons. The zero-order valence-electron chi connectivity index (χ0n) is 11.4. The molecule has 0 atom stereocenters. The summed E-state index contributed by atoms with van der Waals surface area (Å²) in [6.45, 7) is 4.97. The van der Waals surface area contributed by atoms with Crippen molar-refractivity contribution in [2.24, 2.45) is 0 Å². The number of benzene rings is 1. The molecule has 0 spiro atoms. The maximum atomic E-state index is 13.8. The van der Waals surface area contributed by atoms with Crippen LogP contribution in [0.1, 0.15) is 24.0 Å². The van der Waals surface area contributed by atoms with Crippen molar-refractivity contribution in [3.63, 3.8) is 0 Å². The number of hydrogen-bond donors (Lipinski definition) is 0. The summed E-state index contributed by atoms with van der Waals surface area (Å²) in [4.78, 5) is 4.58. The molecule has 0 saturated carbocycles. The zero-order valence-corrected chi connectivity index (χ0v) is 11.4. The van der Waals surface area contributed by atoms with Crippen LogP contribution in [-0.4, -0.2) is 43.0 Å². The molecule has 0 N–H and O–H groups in total. The molecule has 1 aromatic carbocycles. The van der Waals surface area contributed by atoms with E-state index in [1.807, 2.05) is 13.1 Å². The molecule has 3 nitrogen and oxygen atoms in total. The van der Waals surface area contributed by atoms with Crippen LogP contribution in [0.5, 0.6) is 0 Å². The van der Waals surface area contributed by atoms with Gasteiger partial charge in [-0.05, 0) is 45.1 Å². The van der Waals surface area contributed by atoms with Gasteiger partial charge in [0.2, 0.25) is 0 Å². The van der Waals surface area contributed by atoms with E-state index in [9.17, 15) is 4.39 Å². The van der Waals surface area contributed by atoms with Crippen molar-refractivity contribution in [2.75, 3.05) is 33.2 Å². The van der Waals surface area contributed by atoms with Crippen molar-refractivity contribution >= 4 is 0 Å². The monoisotopic (exact) mass is 261 g/mol. The predicted octanol–water partition coefficient (Wildman–Crippen LogP) is 2.22. The van der Waals surface area contributed by atoms with Gasteiger partial charge in [-0.15, -0.1) is 0 Å². The van der Waals surface area contributed by atoms with Gasteiger partial charge in [0.05, 0.1) is 11.6 Å². The molecular formula is C15H20FN3. The highest BCUT2D eigenvalue weighted by Crippen LogP contribution is 2.12. The lowest BCUT2D eigenvalue weighted by Crippen LogP contribution is -2.31. The molecule has 1 aliphatic heterocycles. The summed E-state index contributed by atoms with van der Waals surface area (Å²) in [5.74, 6) is -0.285. The van der Waals surface area contributed by atoms with Gasteiger partial charge in [0.15, 0.2) is 0 Å². The van der Waals surface area contributed by atoms with Crippen molar-refractivity contribution in [2.45, 2.75) is 19.4 Å². The van der Waals surface area contributed by atoms with Gasteiger partial charge >= 0.3 is 0 Å². The van der Waals surface area contributed by atoms with Gasteiger partial charge in [0.25, 0.3) is 0 Å². The molecule has 1 aliphatic rings. The zero-order chi connectivity index (χ0) is 13.7. The van der Waals surface area contributed by atoms with Crippen molar-refractivity contribution in [1.29, 1.82) is 5.26 Å². The first-order valence-corrected chi connectivity index (χ1v) is 6.78. The fraction of sp³-hybridized carbons (Fsp3) is 0.533. The van der Waals surface area contributed by atoms with Gasteiger partial charge in [0, 0.05) is 25.2 Å². The summed E-state index contributed by atoms with van der Waals surface area (Å²) in [5, 5.41) is 8.71. The van der Waals surface area contributed by atoms with Gasteiger partial charge in [-0.25, -0.2) is 4.39 Å². The lowest BCUT2D eigenvalue weighted by Gasteiger charge is -2.21. The minimum Gasteiger partial charge on any atom is -0.302 e. The fourth-order valence-corrected chi connectivity index (χ4v) is 2.43. The minimum atomic E-state index is -0.285. The molecule has 0 radical (unpaired) electrons. The second-order valence-electron chi connectivity index (χ2n) is 5.20. The molecule has 2 rings (SSSR count). The van der Waals surface area contributed by atoms with Gasteiger partial charge in [-0.2, -0.15) is 5.26 Å². The molecule has 19 heavy (non-hydrogen) atoms. The highest BCUT2D eigenvalue weighted by atomic mass is 19.1. The molecule has 0 aliphatic carbocycles. The third kappa shape index (κ3) is 4.02. The van der Waals surface area contributed by atoms with Gasteiger partial charge in [-0.1, -0.05) is 6.07 Å². The molecular weight excluding hydrogens is 241 g/mol. The number of halogens is 1. The van der Waals surface area contributed by atoms with E-state index in [-0.39, 0.29) is 5.82 Å². The molecule has 1 heterocycles. The normalized spacial score (nSPS) is 15.9. The van der Waals surface area contributed by atoms with Crippen LogP contribution >= 0.6 is 0 Å². The Kier molecular flexibility index (Phi) is 4.89. The number of likely N-dealkylation sites (tertiary alicyclic amines) is 1. The highest BCUT2D eigenvalue weighted by molar-refractivity contribution is 5.32. The molecule has 1 aromatic rings. The Morgan fingerprint density at radius 3 is 2.74 bits per heavy atom. The van der Waals surface area contributed by atoms with E-state index in [4.69, 9.17) is 5.26 Å². The van der Waals surface area contributed by atoms with E-state index in [2.05, 4.69) is 9.80 Å². The van der Waals surface area contributed by atoms with Crippen LogP contribution in [-0.2, 0) is 6.54 Å². The maximum absolute atomic E-state index is 13.8. The van der Waals surface area contributed by atoms with Crippen molar-refractivity contribution < 1.29 is 4.39 Å². The first-order valence-electron chi connectivity index (χ1n) is 6.78. The Bertz CT molecular complexity index is 461. The SMILES string of the molecule is CN(CCN1CCCC1)Cc1ccc(C#N)cc1F. The Hall–Kier alpha value is -1.44. The first-order chi connectivity index (χ1) is 9.19. The number of nitriles is 1. The van der Waals surface area contributed by atoms with Crippen molar-refractivity contribution in [1.82, 2.24) is 9.80 Å². The van der Waals surface area contributed by atoms with E-state index < -0.39 is 0 Å². The Balaban J connectivity index is 1.84. The van der Waals surface area contributed by atoms with E-state index in [0.29, 0.717) is 17.7 Å². The summed E-state index contributed by atoms with van der Waals surface area (Å²) in [6, 6.07) is 6.64. The standard InChI is InChI=1S/C15H20FN3/c1-18(8-9-19-6-2-3-7-19)12-14-5-4-13(11-17)10-15(14)16/h4-5,10H,2-3,6-9,12H2,1H3. The lowest BCUT2D eigenvalue weighted by molar-refractivity contribution is 0.250. The Morgan fingerprint density at radius 2 is 2.11 bits per heavy atom. The van der Waals surface area contributed by atoms with E-state index in [1.165, 1.54) is 32.0 Å². The average molecular weight is 261 g/mol. The molecule has 0 unspecified atom stereocenters. The Morgan fingerprint density at radius 1 is 1.37 bits per heavy atom. The smallest absolute Gasteiger partial charge is 0.129 e. The van der Waals surface area contributed by atoms with Crippen LogP contribution in [0.3, 0.4) is 0 Å². The number of hydrogen-bond acceptors (Lipinski definition) is 3. The summed E-state index contributed by atoms with van der Waals surface area (Å²) >= 11 is 0. The predicted molar refractivity (Wildman–Crippen MR) is 73.1 cm³/mol. The third-order valence-corrected chi connectivity index (χ3v) is 3.62. The molecule has 4 heteroatoms. The molecule has 0 aromatic heterocycles. The number of likely N-dealkylation sites (N-methyl/N-ethyl adjacent to an activating group) is 1. The number of nitrogens with zero attached hydrogens (tertiary/aromatic N) is 3. The summed E-state index contributed by atoms with van der Waals surface area (Å²) < 4.78 is 13.8. The van der Waals surface area contributed by atoms with Crippen molar-refractivity contribution in [3.8, 4) is 6.07 Å². The molecule has 1 saturated heterocycles. The summed E-state index contributed by atoms with van der Waals surface area (Å²) in [5.41, 5.74) is 1.03. The highest BCUT2D eigenvalue weighted by Gasteiger charge is 2.12. The molecule has 0 amide bonds. The summed E-state index contributed by atoms with van der Waals surface area (Å²) in [6.07, 6.45) is 2.60. The summed E-state index contributed by atoms with van der Waals surface area (Å²) in [7, 11) is 2.01. The average Bonchev–Trinajstić information content (AvgIpc) is 2.92. The molecule has 1 fully saturated rings. The van der Waals surface area contributed by atoms with Crippen molar-refractivity contribution in [3.05, 3.63) is 35.1 Å². The molecule has 0 bridgehead atoms. The topological polar surface area (TPSA) is 30.3 Å². The van der Waals surface area contributed by atoms with Gasteiger partial charge < -0.3 is 9.80 Å². The quantitative estimate of drug-likeness (QED) is 0.814. The second-order valence-corrected chi connectivity index (χ2v) is 5.20. The lowest BCUT2D eigenvalue weighted by atomic mass is 10.1. The largest absolute Gasteiger partial charge is 0.302 e. The third-order valence-electron chi connectivity index (χ3n) is 3.62. The van der Waals surface area contributed by atoms with Crippen LogP contribution in [0.15, 0.2) is 18.2 Å². The Labute approximate surface area is 114 Å². The van der Waals surface area contributed by atoms with Crippen LogP contribution in [0.2, 0.25) is 0 Å². The van der Waals surface area contributed by atoms with Gasteiger partial charge in [-0.3, -0.25) is 0 Å². The fourth-order valence-electron chi connectivity index (χ4n) is 2.43. The minimum absolute atomic E-state index is 0.285. The van der Waals surface area contributed by atoms with Crippen LogP contribution in [0, 0.1) is 17.1 Å².